The highest BCUT2D eigenvalue weighted by Gasteiger charge is 2.27. The number of ether oxygens (including phenoxy) is 1. The highest BCUT2D eigenvalue weighted by molar-refractivity contribution is 8.05. The van der Waals surface area contributed by atoms with Crippen molar-refractivity contribution >= 4 is 41.0 Å². The quantitative estimate of drug-likeness (QED) is 0.477. The molecule has 152 valence electrons. The predicted octanol–water partition coefficient (Wildman–Crippen LogP) is 5.83. The van der Waals surface area contributed by atoms with E-state index < -0.39 is 0 Å². The average molecular weight is 437 g/mol. The van der Waals surface area contributed by atoms with Crippen LogP contribution in [0.4, 0.5) is 5.69 Å². The number of amides is 1. The topological polar surface area (TPSA) is 50.4 Å². The molecule has 0 radical (unpaired) electrons. The summed E-state index contributed by atoms with van der Waals surface area (Å²) in [6.07, 6.45) is 1.88. The van der Waals surface area contributed by atoms with Gasteiger partial charge in [-0.3, -0.25) is 4.79 Å². The van der Waals surface area contributed by atoms with E-state index >= 15 is 0 Å². The lowest BCUT2D eigenvalue weighted by molar-refractivity contribution is -0.116. The van der Waals surface area contributed by atoms with Crippen LogP contribution in [0.25, 0.3) is 6.08 Å². The summed E-state index contributed by atoms with van der Waals surface area (Å²) in [5.74, 6) is 0.696. The maximum atomic E-state index is 12.4. The largest absolute Gasteiger partial charge is 0.489 e. The van der Waals surface area contributed by atoms with Gasteiger partial charge < -0.3 is 15.4 Å². The van der Waals surface area contributed by atoms with Gasteiger partial charge in [0.2, 0.25) is 0 Å². The minimum Gasteiger partial charge on any atom is -0.489 e. The van der Waals surface area contributed by atoms with Gasteiger partial charge in [0.25, 0.3) is 5.91 Å². The van der Waals surface area contributed by atoms with E-state index in [-0.39, 0.29) is 11.4 Å². The van der Waals surface area contributed by atoms with Gasteiger partial charge in [-0.05, 0) is 54.0 Å². The molecule has 1 amide bonds. The van der Waals surface area contributed by atoms with Gasteiger partial charge in [-0.25, -0.2) is 0 Å². The van der Waals surface area contributed by atoms with Crippen LogP contribution >= 0.6 is 23.4 Å². The first-order chi connectivity index (χ1) is 14.6. The van der Waals surface area contributed by atoms with Gasteiger partial charge in [0.05, 0.1) is 4.91 Å². The van der Waals surface area contributed by atoms with Crippen LogP contribution in [0.3, 0.4) is 0 Å². The summed E-state index contributed by atoms with van der Waals surface area (Å²) < 4.78 is 5.82. The summed E-state index contributed by atoms with van der Waals surface area (Å²) >= 11 is 7.53. The predicted molar refractivity (Wildman–Crippen MR) is 125 cm³/mol. The van der Waals surface area contributed by atoms with Gasteiger partial charge in [0.1, 0.15) is 12.4 Å². The van der Waals surface area contributed by atoms with Crippen LogP contribution in [-0.2, 0) is 11.4 Å². The van der Waals surface area contributed by atoms with Crippen LogP contribution < -0.4 is 15.4 Å². The van der Waals surface area contributed by atoms with E-state index in [0.29, 0.717) is 16.5 Å². The summed E-state index contributed by atoms with van der Waals surface area (Å²) in [4.78, 5) is 13.0. The third-order valence-corrected chi connectivity index (χ3v) is 5.91. The molecule has 2 N–H and O–H groups in total. The number of anilines is 1. The van der Waals surface area contributed by atoms with Crippen molar-refractivity contribution in [3.8, 4) is 5.75 Å². The number of hydrogen-bond donors (Lipinski definition) is 2. The fourth-order valence-corrected chi connectivity index (χ4v) is 4.16. The van der Waals surface area contributed by atoms with Crippen LogP contribution in [0.15, 0.2) is 77.7 Å². The first kappa shape index (κ1) is 20.4. The van der Waals surface area contributed by atoms with E-state index in [0.717, 1.165) is 28.1 Å². The highest BCUT2D eigenvalue weighted by atomic mass is 35.5. The first-order valence-corrected chi connectivity index (χ1v) is 10.8. The molecule has 0 bridgehead atoms. The second kappa shape index (κ2) is 9.28. The van der Waals surface area contributed by atoms with E-state index in [1.807, 2.05) is 85.8 Å². The van der Waals surface area contributed by atoms with E-state index in [1.54, 1.807) is 0 Å². The third-order valence-electron chi connectivity index (χ3n) is 4.64. The molecule has 0 spiro atoms. The minimum atomic E-state index is -0.241. The zero-order valence-corrected chi connectivity index (χ0v) is 18.0. The number of hydrogen-bond acceptors (Lipinski definition) is 4. The van der Waals surface area contributed by atoms with E-state index in [4.69, 9.17) is 16.3 Å². The Hall–Kier alpha value is -2.89. The molecule has 1 aliphatic heterocycles. The fourth-order valence-electron chi connectivity index (χ4n) is 3.01. The lowest BCUT2D eigenvalue weighted by atomic mass is 10.2. The number of rotatable bonds is 6. The van der Waals surface area contributed by atoms with Crippen LogP contribution in [-0.4, -0.2) is 11.4 Å². The molecule has 1 aliphatic rings. The van der Waals surface area contributed by atoms with Crippen LogP contribution in [0.2, 0.25) is 5.02 Å². The van der Waals surface area contributed by atoms with Crippen molar-refractivity contribution in [1.29, 1.82) is 0 Å². The average Bonchev–Trinajstić information content (AvgIpc) is 3.09. The van der Waals surface area contributed by atoms with E-state index in [9.17, 15) is 4.79 Å². The van der Waals surface area contributed by atoms with Crippen molar-refractivity contribution in [1.82, 2.24) is 5.32 Å². The van der Waals surface area contributed by atoms with Crippen molar-refractivity contribution < 1.29 is 9.53 Å². The molecule has 4 rings (SSSR count). The molecular weight excluding hydrogens is 416 g/mol. The second-order valence-corrected chi connectivity index (χ2v) is 8.51. The molecule has 1 unspecified atom stereocenters. The van der Waals surface area contributed by atoms with Gasteiger partial charge in [-0.15, -0.1) is 0 Å². The molecule has 1 saturated heterocycles. The van der Waals surface area contributed by atoms with E-state index in [2.05, 4.69) is 10.6 Å². The van der Waals surface area contributed by atoms with Gasteiger partial charge >= 0.3 is 0 Å². The zero-order chi connectivity index (χ0) is 20.9. The zero-order valence-electron chi connectivity index (χ0n) is 16.4. The Bertz CT molecular complexity index is 1070. The molecule has 3 aromatic rings. The summed E-state index contributed by atoms with van der Waals surface area (Å²) in [5, 5.41) is 6.92. The molecule has 4 nitrogen and oxygen atoms in total. The van der Waals surface area contributed by atoms with Crippen molar-refractivity contribution in [3.63, 3.8) is 0 Å². The Balaban J connectivity index is 1.38. The number of nitrogens with one attached hydrogen (secondary N) is 2. The molecule has 30 heavy (non-hydrogen) atoms. The lowest BCUT2D eigenvalue weighted by Crippen LogP contribution is -2.31. The monoisotopic (exact) mass is 436 g/mol. The molecule has 3 aromatic carbocycles. The standard InChI is InChI=1S/C24H21ClN2O2S/c1-16-7-10-19(25)14-21(16)26-24-27-23(28)22(30-24)13-17-8-11-20(12-9-17)29-15-18-5-3-2-4-6-18/h2-14,24,26H,15H2,1H3,(H,27,28)/b22-13-. The van der Waals surface area contributed by atoms with E-state index in [1.165, 1.54) is 11.8 Å². The third kappa shape index (κ3) is 5.17. The molecule has 0 saturated carbocycles. The van der Waals surface area contributed by atoms with Crippen molar-refractivity contribution in [3.05, 3.63) is 99.4 Å². The number of thioether (sulfide) groups is 1. The molecule has 0 aliphatic carbocycles. The molecular formula is C24H21ClN2O2S. The maximum Gasteiger partial charge on any atom is 0.260 e. The van der Waals surface area contributed by atoms with Gasteiger partial charge in [0, 0.05) is 10.7 Å². The Morgan fingerprint density at radius 2 is 1.87 bits per heavy atom. The molecule has 1 heterocycles. The van der Waals surface area contributed by atoms with Crippen LogP contribution in [0.1, 0.15) is 16.7 Å². The number of benzene rings is 3. The van der Waals surface area contributed by atoms with Crippen molar-refractivity contribution in [2.75, 3.05) is 5.32 Å². The Kier molecular flexibility index (Phi) is 6.31. The number of carbonyl (C=O) groups is 1. The summed E-state index contributed by atoms with van der Waals surface area (Å²) in [6.45, 7) is 2.52. The summed E-state index contributed by atoms with van der Waals surface area (Å²) in [6, 6.07) is 23.4. The van der Waals surface area contributed by atoms with Gasteiger partial charge in [-0.2, -0.15) is 0 Å². The SMILES string of the molecule is Cc1ccc(Cl)cc1NC1NC(=O)/C(=C/c2ccc(OCc3ccccc3)cc2)S1. The Morgan fingerprint density at radius 3 is 2.63 bits per heavy atom. The molecule has 1 atom stereocenters. The Morgan fingerprint density at radius 1 is 1.10 bits per heavy atom. The minimum absolute atomic E-state index is 0.0958. The van der Waals surface area contributed by atoms with Gasteiger partial charge in [-0.1, -0.05) is 71.9 Å². The normalized spacial score (nSPS) is 17.1. The number of aryl methyl sites for hydroxylation is 1. The molecule has 0 aromatic heterocycles. The Labute approximate surface area is 185 Å². The summed E-state index contributed by atoms with van der Waals surface area (Å²) in [5.41, 5.74) is 3.80. The first-order valence-electron chi connectivity index (χ1n) is 9.55. The maximum absolute atomic E-state index is 12.4. The molecule has 6 heteroatoms. The lowest BCUT2D eigenvalue weighted by Gasteiger charge is -2.15. The van der Waals surface area contributed by atoms with Crippen LogP contribution in [0, 0.1) is 6.92 Å². The fraction of sp³-hybridized carbons (Fsp3) is 0.125. The molecule has 1 fully saturated rings. The van der Waals surface area contributed by atoms with Gasteiger partial charge in [0.15, 0.2) is 5.50 Å². The highest BCUT2D eigenvalue weighted by Crippen LogP contribution is 2.32. The smallest absolute Gasteiger partial charge is 0.260 e. The summed E-state index contributed by atoms with van der Waals surface area (Å²) in [7, 11) is 0. The van der Waals surface area contributed by atoms with Crippen molar-refractivity contribution in [2.24, 2.45) is 0 Å². The second-order valence-electron chi connectivity index (χ2n) is 6.93. The van der Waals surface area contributed by atoms with Crippen molar-refractivity contribution in [2.45, 2.75) is 19.0 Å². The number of carbonyl (C=O) groups excluding carboxylic acids is 1. The number of halogens is 1. The van der Waals surface area contributed by atoms with Crippen LogP contribution in [0.5, 0.6) is 5.75 Å².